The standard InChI is InChI=1S/C18H23N3S.ClH/c1-3-21(4-2)11-12-22-17-13-15-10-9-14-7-5-6-8-16(14)18(15)20-19-17;/h5-8,13H,3-4,9-12H2,1-2H3;1H. The molecule has 124 valence electrons. The Morgan fingerprint density at radius 2 is 1.78 bits per heavy atom. The van der Waals surface area contributed by atoms with E-state index in [1.54, 1.807) is 0 Å². The SMILES string of the molecule is CCN(CC)CCSc1cc2c(nn1)-c1ccccc1CC2.Cl. The highest BCUT2D eigenvalue weighted by Crippen LogP contribution is 2.32. The minimum Gasteiger partial charge on any atom is -0.303 e. The maximum absolute atomic E-state index is 4.51. The third-order valence-corrected chi connectivity index (χ3v) is 5.22. The van der Waals surface area contributed by atoms with Gasteiger partial charge in [0, 0.05) is 17.9 Å². The summed E-state index contributed by atoms with van der Waals surface area (Å²) < 4.78 is 0. The second-order valence-electron chi connectivity index (χ2n) is 5.59. The van der Waals surface area contributed by atoms with E-state index in [4.69, 9.17) is 0 Å². The van der Waals surface area contributed by atoms with Crippen LogP contribution in [0.3, 0.4) is 0 Å². The molecule has 1 aliphatic rings. The number of benzene rings is 1. The van der Waals surface area contributed by atoms with Crippen LogP contribution in [-0.2, 0) is 12.8 Å². The number of hydrogen-bond acceptors (Lipinski definition) is 4. The van der Waals surface area contributed by atoms with Crippen LogP contribution >= 0.6 is 24.2 Å². The fourth-order valence-corrected chi connectivity index (χ4v) is 3.84. The van der Waals surface area contributed by atoms with E-state index < -0.39 is 0 Å². The molecule has 0 fully saturated rings. The van der Waals surface area contributed by atoms with Gasteiger partial charge in [-0.2, -0.15) is 0 Å². The Balaban J connectivity index is 0.00000192. The monoisotopic (exact) mass is 349 g/mol. The molecule has 1 aliphatic carbocycles. The van der Waals surface area contributed by atoms with Crippen LogP contribution < -0.4 is 0 Å². The zero-order valence-corrected chi connectivity index (χ0v) is 15.4. The molecule has 0 saturated carbocycles. The van der Waals surface area contributed by atoms with Crippen LogP contribution in [0.25, 0.3) is 11.3 Å². The van der Waals surface area contributed by atoms with Gasteiger partial charge in [-0.05, 0) is 43.1 Å². The summed E-state index contributed by atoms with van der Waals surface area (Å²) in [7, 11) is 0. The topological polar surface area (TPSA) is 29.0 Å². The lowest BCUT2D eigenvalue weighted by Crippen LogP contribution is -2.25. The van der Waals surface area contributed by atoms with E-state index in [2.05, 4.69) is 59.3 Å². The lowest BCUT2D eigenvalue weighted by Gasteiger charge is -2.19. The van der Waals surface area contributed by atoms with Gasteiger partial charge in [0.15, 0.2) is 0 Å². The summed E-state index contributed by atoms with van der Waals surface area (Å²) in [5, 5.41) is 10.0. The Morgan fingerprint density at radius 1 is 1.04 bits per heavy atom. The maximum Gasteiger partial charge on any atom is 0.119 e. The van der Waals surface area contributed by atoms with Crippen molar-refractivity contribution in [1.82, 2.24) is 15.1 Å². The Labute approximate surface area is 149 Å². The van der Waals surface area contributed by atoms with Gasteiger partial charge in [0.2, 0.25) is 0 Å². The molecule has 0 saturated heterocycles. The summed E-state index contributed by atoms with van der Waals surface area (Å²) in [6.45, 7) is 7.77. The summed E-state index contributed by atoms with van der Waals surface area (Å²) in [5.41, 5.74) is 5.08. The van der Waals surface area contributed by atoms with Crippen molar-refractivity contribution in [3.05, 3.63) is 41.5 Å². The molecule has 0 aliphatic heterocycles. The quantitative estimate of drug-likeness (QED) is 0.734. The van der Waals surface area contributed by atoms with Crippen LogP contribution in [0.5, 0.6) is 0 Å². The van der Waals surface area contributed by atoms with E-state index in [-0.39, 0.29) is 12.4 Å². The molecule has 0 bridgehead atoms. The van der Waals surface area contributed by atoms with Crippen molar-refractivity contribution in [3.63, 3.8) is 0 Å². The van der Waals surface area contributed by atoms with Crippen molar-refractivity contribution in [3.8, 4) is 11.3 Å². The van der Waals surface area contributed by atoms with Gasteiger partial charge in [-0.1, -0.05) is 38.1 Å². The lowest BCUT2D eigenvalue weighted by molar-refractivity contribution is 0.324. The van der Waals surface area contributed by atoms with E-state index in [0.717, 1.165) is 48.9 Å². The normalized spacial score (nSPS) is 12.5. The molecular formula is C18H24ClN3S. The van der Waals surface area contributed by atoms with Gasteiger partial charge in [0.1, 0.15) is 5.03 Å². The van der Waals surface area contributed by atoms with Gasteiger partial charge < -0.3 is 4.90 Å². The molecule has 0 unspecified atom stereocenters. The first-order valence-electron chi connectivity index (χ1n) is 8.11. The summed E-state index contributed by atoms with van der Waals surface area (Å²) in [5.74, 6) is 1.08. The summed E-state index contributed by atoms with van der Waals surface area (Å²) >= 11 is 1.82. The van der Waals surface area contributed by atoms with E-state index >= 15 is 0 Å². The van der Waals surface area contributed by atoms with Crippen molar-refractivity contribution in [1.29, 1.82) is 0 Å². The first-order valence-corrected chi connectivity index (χ1v) is 9.10. The van der Waals surface area contributed by atoms with E-state index in [0.29, 0.717) is 0 Å². The van der Waals surface area contributed by atoms with Gasteiger partial charge in [0.05, 0.1) is 5.69 Å². The molecule has 1 heterocycles. The second kappa shape index (κ2) is 8.67. The van der Waals surface area contributed by atoms with Crippen molar-refractivity contribution < 1.29 is 0 Å². The number of hydrogen-bond donors (Lipinski definition) is 0. The average molecular weight is 350 g/mol. The molecule has 1 aromatic carbocycles. The third-order valence-electron chi connectivity index (χ3n) is 4.34. The van der Waals surface area contributed by atoms with Gasteiger partial charge in [0.25, 0.3) is 0 Å². The third kappa shape index (κ3) is 4.25. The fourth-order valence-electron chi connectivity index (χ4n) is 2.96. The first-order chi connectivity index (χ1) is 10.8. The summed E-state index contributed by atoms with van der Waals surface area (Å²) in [6.07, 6.45) is 2.18. The summed E-state index contributed by atoms with van der Waals surface area (Å²) in [6, 6.07) is 10.8. The summed E-state index contributed by atoms with van der Waals surface area (Å²) in [4.78, 5) is 2.44. The van der Waals surface area contributed by atoms with Crippen molar-refractivity contribution in [2.75, 3.05) is 25.4 Å². The van der Waals surface area contributed by atoms with E-state index in [1.165, 1.54) is 16.7 Å². The molecule has 0 N–H and O–H groups in total. The molecule has 23 heavy (non-hydrogen) atoms. The Kier molecular flexibility index (Phi) is 6.88. The first kappa shape index (κ1) is 18.2. The minimum absolute atomic E-state index is 0. The number of aromatic nitrogens is 2. The van der Waals surface area contributed by atoms with E-state index in [1.807, 2.05) is 11.8 Å². The van der Waals surface area contributed by atoms with Crippen LogP contribution in [0, 0.1) is 0 Å². The van der Waals surface area contributed by atoms with Crippen LogP contribution in [0.15, 0.2) is 35.4 Å². The van der Waals surface area contributed by atoms with Crippen LogP contribution in [0.4, 0.5) is 0 Å². The van der Waals surface area contributed by atoms with Crippen LogP contribution in [0.1, 0.15) is 25.0 Å². The molecular weight excluding hydrogens is 326 g/mol. The second-order valence-corrected chi connectivity index (χ2v) is 6.70. The maximum atomic E-state index is 4.51. The van der Waals surface area contributed by atoms with Gasteiger partial charge in [-0.15, -0.1) is 34.4 Å². The number of thioether (sulfide) groups is 1. The molecule has 0 atom stereocenters. The highest BCUT2D eigenvalue weighted by Gasteiger charge is 2.18. The Bertz CT molecular complexity index is 644. The molecule has 3 rings (SSSR count). The molecule has 5 heteroatoms. The molecule has 0 spiro atoms. The zero-order valence-electron chi connectivity index (χ0n) is 13.8. The average Bonchev–Trinajstić information content (AvgIpc) is 2.58. The van der Waals surface area contributed by atoms with E-state index in [9.17, 15) is 0 Å². The smallest absolute Gasteiger partial charge is 0.119 e. The number of fused-ring (bicyclic) bond motifs is 3. The molecule has 2 aromatic rings. The number of nitrogens with zero attached hydrogens (tertiary/aromatic N) is 3. The number of aryl methyl sites for hydroxylation is 2. The van der Waals surface area contributed by atoms with Gasteiger partial charge in [-0.25, -0.2) is 0 Å². The minimum atomic E-state index is 0. The fraction of sp³-hybridized carbons (Fsp3) is 0.444. The van der Waals surface area contributed by atoms with Gasteiger partial charge >= 0.3 is 0 Å². The molecule has 1 aromatic heterocycles. The van der Waals surface area contributed by atoms with Crippen molar-refractivity contribution in [2.45, 2.75) is 31.7 Å². The lowest BCUT2D eigenvalue weighted by atomic mass is 9.90. The molecule has 3 nitrogen and oxygen atoms in total. The van der Waals surface area contributed by atoms with Crippen LogP contribution in [0.2, 0.25) is 0 Å². The highest BCUT2D eigenvalue weighted by atomic mass is 35.5. The van der Waals surface area contributed by atoms with Crippen molar-refractivity contribution >= 4 is 24.2 Å². The number of halogens is 1. The molecule has 0 radical (unpaired) electrons. The highest BCUT2D eigenvalue weighted by molar-refractivity contribution is 7.99. The Morgan fingerprint density at radius 3 is 2.57 bits per heavy atom. The number of rotatable bonds is 6. The largest absolute Gasteiger partial charge is 0.303 e. The van der Waals surface area contributed by atoms with Crippen LogP contribution in [-0.4, -0.2) is 40.5 Å². The zero-order chi connectivity index (χ0) is 15.4. The Hall–Kier alpha value is -1.10. The predicted molar refractivity (Wildman–Crippen MR) is 101 cm³/mol. The van der Waals surface area contributed by atoms with Gasteiger partial charge in [-0.3, -0.25) is 0 Å². The predicted octanol–water partition coefficient (Wildman–Crippen LogP) is 4.10. The molecule has 0 amide bonds. The van der Waals surface area contributed by atoms with Crippen molar-refractivity contribution in [2.24, 2.45) is 0 Å².